The van der Waals surface area contributed by atoms with Crippen molar-refractivity contribution < 1.29 is 13.2 Å². The summed E-state index contributed by atoms with van der Waals surface area (Å²) in [5.74, 6) is 0.445. The largest absolute Gasteiger partial charge is 0.382 e. The molecule has 1 unspecified atom stereocenters. The Morgan fingerprint density at radius 2 is 2.22 bits per heavy atom. The van der Waals surface area contributed by atoms with E-state index in [0.29, 0.717) is 19.0 Å². The SMILES string of the molecule is CCOCCCNCC1CCCN(S(C)(=O)=O)C1. The van der Waals surface area contributed by atoms with Crippen molar-refractivity contribution in [3.05, 3.63) is 0 Å². The first-order valence-electron chi connectivity index (χ1n) is 6.77. The van der Waals surface area contributed by atoms with Gasteiger partial charge in [-0.05, 0) is 45.2 Å². The summed E-state index contributed by atoms with van der Waals surface area (Å²) < 4.78 is 29.8. The molecule has 18 heavy (non-hydrogen) atoms. The smallest absolute Gasteiger partial charge is 0.211 e. The van der Waals surface area contributed by atoms with E-state index in [1.165, 1.54) is 6.26 Å². The third-order valence-corrected chi connectivity index (χ3v) is 4.50. The molecule has 0 aromatic rings. The van der Waals surface area contributed by atoms with E-state index >= 15 is 0 Å². The molecule has 108 valence electrons. The zero-order valence-electron chi connectivity index (χ0n) is 11.5. The first-order chi connectivity index (χ1) is 8.54. The lowest BCUT2D eigenvalue weighted by atomic mass is 10.00. The summed E-state index contributed by atoms with van der Waals surface area (Å²) in [5, 5.41) is 3.38. The standard InChI is InChI=1S/C12H26N2O3S/c1-3-17-9-5-7-13-10-12-6-4-8-14(11-12)18(2,15)16/h12-13H,3-11H2,1-2H3. The van der Waals surface area contributed by atoms with Gasteiger partial charge in [0, 0.05) is 26.3 Å². The van der Waals surface area contributed by atoms with Crippen molar-refractivity contribution in [3.63, 3.8) is 0 Å². The van der Waals surface area contributed by atoms with Crippen LogP contribution in [0, 0.1) is 5.92 Å². The van der Waals surface area contributed by atoms with E-state index in [1.807, 2.05) is 6.92 Å². The van der Waals surface area contributed by atoms with E-state index in [1.54, 1.807) is 4.31 Å². The first-order valence-corrected chi connectivity index (χ1v) is 8.62. The Balaban J connectivity index is 2.15. The Hall–Kier alpha value is -0.170. The van der Waals surface area contributed by atoms with Crippen molar-refractivity contribution in [3.8, 4) is 0 Å². The molecule has 1 aliphatic rings. The Labute approximate surface area is 111 Å². The van der Waals surface area contributed by atoms with Crippen molar-refractivity contribution in [1.82, 2.24) is 9.62 Å². The van der Waals surface area contributed by atoms with Gasteiger partial charge in [-0.2, -0.15) is 0 Å². The summed E-state index contributed by atoms with van der Waals surface area (Å²) >= 11 is 0. The number of hydrogen-bond acceptors (Lipinski definition) is 4. The van der Waals surface area contributed by atoms with Crippen molar-refractivity contribution in [2.24, 2.45) is 5.92 Å². The van der Waals surface area contributed by atoms with Crippen LogP contribution in [0.3, 0.4) is 0 Å². The molecule has 1 fully saturated rings. The Bertz CT molecular complexity index is 319. The fourth-order valence-corrected chi connectivity index (χ4v) is 3.19. The highest BCUT2D eigenvalue weighted by molar-refractivity contribution is 7.88. The van der Waals surface area contributed by atoms with Crippen molar-refractivity contribution in [2.75, 3.05) is 45.6 Å². The highest BCUT2D eigenvalue weighted by atomic mass is 32.2. The van der Waals surface area contributed by atoms with Crippen LogP contribution in [0.5, 0.6) is 0 Å². The quantitative estimate of drug-likeness (QED) is 0.663. The van der Waals surface area contributed by atoms with Crippen LogP contribution in [0.1, 0.15) is 26.2 Å². The number of sulfonamides is 1. The molecule has 1 saturated heterocycles. The molecule has 0 bridgehead atoms. The summed E-state index contributed by atoms with van der Waals surface area (Å²) in [6, 6.07) is 0. The molecule has 6 heteroatoms. The van der Waals surface area contributed by atoms with Gasteiger partial charge in [0.25, 0.3) is 0 Å². The molecule has 0 spiro atoms. The van der Waals surface area contributed by atoms with E-state index < -0.39 is 10.0 Å². The van der Waals surface area contributed by atoms with Crippen LogP contribution in [0.2, 0.25) is 0 Å². The highest BCUT2D eigenvalue weighted by Gasteiger charge is 2.25. The van der Waals surface area contributed by atoms with Crippen molar-refractivity contribution >= 4 is 10.0 Å². The minimum absolute atomic E-state index is 0.445. The lowest BCUT2D eigenvalue weighted by molar-refractivity contribution is 0.144. The normalized spacial score (nSPS) is 22.2. The van der Waals surface area contributed by atoms with E-state index in [0.717, 1.165) is 45.6 Å². The monoisotopic (exact) mass is 278 g/mol. The van der Waals surface area contributed by atoms with Crippen LogP contribution >= 0.6 is 0 Å². The maximum atomic E-state index is 11.5. The molecular weight excluding hydrogens is 252 g/mol. The van der Waals surface area contributed by atoms with Crippen molar-refractivity contribution in [1.29, 1.82) is 0 Å². The van der Waals surface area contributed by atoms with Crippen LogP contribution in [0.15, 0.2) is 0 Å². The van der Waals surface area contributed by atoms with Gasteiger partial charge in [0.05, 0.1) is 6.26 Å². The second-order valence-corrected chi connectivity index (χ2v) is 6.87. The fraction of sp³-hybridized carbons (Fsp3) is 1.00. The summed E-state index contributed by atoms with van der Waals surface area (Å²) in [4.78, 5) is 0. The molecule has 0 saturated carbocycles. The third-order valence-electron chi connectivity index (χ3n) is 3.23. The van der Waals surface area contributed by atoms with E-state index in [2.05, 4.69) is 5.32 Å². The van der Waals surface area contributed by atoms with Gasteiger partial charge in [0.15, 0.2) is 0 Å². The number of rotatable bonds is 8. The molecule has 1 aliphatic heterocycles. The van der Waals surface area contributed by atoms with Crippen LogP contribution in [-0.4, -0.2) is 58.4 Å². The number of ether oxygens (including phenoxy) is 1. The van der Waals surface area contributed by atoms with Crippen molar-refractivity contribution in [2.45, 2.75) is 26.2 Å². The average Bonchev–Trinajstić information content (AvgIpc) is 2.33. The Kier molecular flexibility index (Phi) is 7.14. The van der Waals surface area contributed by atoms with Gasteiger partial charge in [-0.15, -0.1) is 0 Å². The fourth-order valence-electron chi connectivity index (χ4n) is 2.24. The summed E-state index contributed by atoms with van der Waals surface area (Å²) in [5.41, 5.74) is 0. The van der Waals surface area contributed by atoms with Crippen LogP contribution in [-0.2, 0) is 14.8 Å². The van der Waals surface area contributed by atoms with Gasteiger partial charge >= 0.3 is 0 Å². The number of nitrogens with one attached hydrogen (secondary N) is 1. The third kappa shape index (κ3) is 6.13. The van der Waals surface area contributed by atoms with Crippen LogP contribution in [0.25, 0.3) is 0 Å². The van der Waals surface area contributed by atoms with Crippen LogP contribution < -0.4 is 5.32 Å². The van der Waals surface area contributed by atoms with Gasteiger partial charge < -0.3 is 10.1 Å². The molecule has 5 nitrogen and oxygen atoms in total. The number of nitrogens with zero attached hydrogens (tertiary/aromatic N) is 1. The number of hydrogen-bond donors (Lipinski definition) is 1. The Morgan fingerprint density at radius 1 is 1.44 bits per heavy atom. The molecule has 1 atom stereocenters. The van der Waals surface area contributed by atoms with E-state index in [9.17, 15) is 8.42 Å². The van der Waals surface area contributed by atoms with E-state index in [-0.39, 0.29) is 0 Å². The highest BCUT2D eigenvalue weighted by Crippen LogP contribution is 2.17. The molecule has 1 heterocycles. The predicted octanol–water partition coefficient (Wildman–Crippen LogP) is 0.674. The molecule has 0 aliphatic carbocycles. The lowest BCUT2D eigenvalue weighted by Crippen LogP contribution is -2.42. The zero-order valence-corrected chi connectivity index (χ0v) is 12.3. The van der Waals surface area contributed by atoms with Crippen LogP contribution in [0.4, 0.5) is 0 Å². The van der Waals surface area contributed by atoms with E-state index in [4.69, 9.17) is 4.74 Å². The summed E-state index contributed by atoms with van der Waals surface area (Å²) in [6.07, 6.45) is 4.39. The summed E-state index contributed by atoms with van der Waals surface area (Å²) in [6.45, 7) is 6.75. The second kappa shape index (κ2) is 8.09. The first kappa shape index (κ1) is 15.9. The molecule has 1 N–H and O–H groups in total. The molecular formula is C12H26N2O3S. The second-order valence-electron chi connectivity index (χ2n) is 4.88. The maximum absolute atomic E-state index is 11.5. The minimum Gasteiger partial charge on any atom is -0.382 e. The predicted molar refractivity (Wildman–Crippen MR) is 73.1 cm³/mol. The van der Waals surface area contributed by atoms with Gasteiger partial charge in [-0.25, -0.2) is 12.7 Å². The number of piperidine rings is 1. The maximum Gasteiger partial charge on any atom is 0.211 e. The van der Waals surface area contributed by atoms with Gasteiger partial charge in [-0.3, -0.25) is 0 Å². The molecule has 0 aromatic heterocycles. The van der Waals surface area contributed by atoms with Gasteiger partial charge in [0.1, 0.15) is 0 Å². The molecule has 0 radical (unpaired) electrons. The molecule has 0 aromatic carbocycles. The lowest BCUT2D eigenvalue weighted by Gasteiger charge is -2.31. The summed E-state index contributed by atoms with van der Waals surface area (Å²) in [7, 11) is -3.02. The van der Waals surface area contributed by atoms with Gasteiger partial charge in [0.2, 0.25) is 10.0 Å². The van der Waals surface area contributed by atoms with Gasteiger partial charge in [-0.1, -0.05) is 0 Å². The molecule has 0 amide bonds. The molecule has 1 rings (SSSR count). The topological polar surface area (TPSA) is 58.6 Å². The zero-order chi connectivity index (χ0) is 13.4. The Morgan fingerprint density at radius 3 is 2.89 bits per heavy atom. The minimum atomic E-state index is -3.02. The average molecular weight is 278 g/mol.